The SMILES string of the molecule is C[C@@H]1Oc2ccc(NC(=O)/C=C/Sc3ccccc3)cc2NC1=O. The molecule has 1 atom stereocenters. The molecule has 0 unspecified atom stereocenters. The zero-order chi connectivity index (χ0) is 16.9. The van der Waals surface area contributed by atoms with Gasteiger partial charge in [0.1, 0.15) is 5.75 Å². The largest absolute Gasteiger partial charge is 0.479 e. The number of carbonyl (C=O) groups excluding carboxylic acids is 2. The summed E-state index contributed by atoms with van der Waals surface area (Å²) in [5.74, 6) is 0.148. The van der Waals surface area contributed by atoms with Crippen LogP contribution in [0, 0.1) is 0 Å². The van der Waals surface area contributed by atoms with Crippen molar-refractivity contribution in [3.05, 3.63) is 60.0 Å². The second-order valence-electron chi connectivity index (χ2n) is 5.18. The Morgan fingerprint density at radius 3 is 2.83 bits per heavy atom. The quantitative estimate of drug-likeness (QED) is 0.658. The van der Waals surface area contributed by atoms with E-state index in [1.165, 1.54) is 17.8 Å². The number of hydrogen-bond acceptors (Lipinski definition) is 4. The first-order chi connectivity index (χ1) is 11.6. The highest BCUT2D eigenvalue weighted by Crippen LogP contribution is 2.32. The first kappa shape index (κ1) is 16.1. The lowest BCUT2D eigenvalue weighted by Gasteiger charge is -2.23. The zero-order valence-corrected chi connectivity index (χ0v) is 13.8. The fourth-order valence-electron chi connectivity index (χ4n) is 2.14. The van der Waals surface area contributed by atoms with Crippen LogP contribution in [0.5, 0.6) is 5.75 Å². The van der Waals surface area contributed by atoms with Crippen LogP contribution in [0.4, 0.5) is 11.4 Å². The van der Waals surface area contributed by atoms with Crippen LogP contribution in [-0.4, -0.2) is 17.9 Å². The van der Waals surface area contributed by atoms with Gasteiger partial charge in [-0.05, 0) is 42.7 Å². The standard InChI is InChI=1S/C18H16N2O3S/c1-12-18(22)20-15-11-13(7-8-16(15)23-12)19-17(21)9-10-24-14-5-3-2-4-6-14/h2-12H,1H3,(H,19,21)(H,20,22)/b10-9+/t12-/m0/s1. The third-order valence-corrected chi connectivity index (χ3v) is 4.16. The van der Waals surface area contributed by atoms with Crippen molar-refractivity contribution in [2.75, 3.05) is 10.6 Å². The minimum atomic E-state index is -0.518. The van der Waals surface area contributed by atoms with Crippen molar-refractivity contribution in [3.63, 3.8) is 0 Å². The molecule has 2 amide bonds. The highest BCUT2D eigenvalue weighted by Gasteiger charge is 2.23. The lowest BCUT2D eigenvalue weighted by Crippen LogP contribution is -2.34. The molecule has 0 saturated heterocycles. The van der Waals surface area contributed by atoms with Gasteiger partial charge in [0.15, 0.2) is 6.10 Å². The molecule has 0 aliphatic carbocycles. The fraction of sp³-hybridized carbons (Fsp3) is 0.111. The Labute approximate surface area is 144 Å². The van der Waals surface area contributed by atoms with E-state index in [-0.39, 0.29) is 11.8 Å². The average molecular weight is 340 g/mol. The van der Waals surface area contributed by atoms with Gasteiger partial charge in [0.2, 0.25) is 5.91 Å². The maximum absolute atomic E-state index is 12.0. The number of anilines is 2. The van der Waals surface area contributed by atoms with Crippen molar-refractivity contribution in [1.29, 1.82) is 0 Å². The van der Waals surface area contributed by atoms with Crippen LogP contribution in [0.25, 0.3) is 0 Å². The van der Waals surface area contributed by atoms with Gasteiger partial charge in [0.25, 0.3) is 5.91 Å². The van der Waals surface area contributed by atoms with Crippen molar-refractivity contribution in [3.8, 4) is 5.75 Å². The van der Waals surface area contributed by atoms with E-state index in [0.29, 0.717) is 17.1 Å². The van der Waals surface area contributed by atoms with E-state index < -0.39 is 6.10 Å². The van der Waals surface area contributed by atoms with E-state index in [9.17, 15) is 9.59 Å². The predicted octanol–water partition coefficient (Wildman–Crippen LogP) is 3.65. The highest BCUT2D eigenvalue weighted by molar-refractivity contribution is 8.02. The molecule has 2 N–H and O–H groups in total. The maximum Gasteiger partial charge on any atom is 0.265 e. The van der Waals surface area contributed by atoms with Crippen LogP contribution in [0.1, 0.15) is 6.92 Å². The molecule has 1 aliphatic rings. The fourth-order valence-corrected chi connectivity index (χ4v) is 2.81. The van der Waals surface area contributed by atoms with Crippen molar-refractivity contribution in [2.45, 2.75) is 17.9 Å². The van der Waals surface area contributed by atoms with Gasteiger partial charge >= 0.3 is 0 Å². The molecule has 3 rings (SSSR count). The van der Waals surface area contributed by atoms with E-state index >= 15 is 0 Å². The lowest BCUT2D eigenvalue weighted by atomic mass is 10.2. The molecule has 0 spiro atoms. The second kappa shape index (κ2) is 7.23. The molecule has 1 aliphatic heterocycles. The van der Waals surface area contributed by atoms with Crippen LogP contribution in [-0.2, 0) is 9.59 Å². The summed E-state index contributed by atoms with van der Waals surface area (Å²) < 4.78 is 5.48. The monoisotopic (exact) mass is 340 g/mol. The van der Waals surface area contributed by atoms with Crippen molar-refractivity contribution < 1.29 is 14.3 Å². The van der Waals surface area contributed by atoms with Gasteiger partial charge in [0, 0.05) is 16.7 Å². The molecule has 122 valence electrons. The van der Waals surface area contributed by atoms with Crippen LogP contribution >= 0.6 is 11.8 Å². The Morgan fingerprint density at radius 2 is 2.04 bits per heavy atom. The number of nitrogens with one attached hydrogen (secondary N) is 2. The Hall–Kier alpha value is -2.73. The minimum Gasteiger partial charge on any atom is -0.479 e. The average Bonchev–Trinajstić information content (AvgIpc) is 2.57. The molecule has 2 aromatic carbocycles. The summed E-state index contributed by atoms with van der Waals surface area (Å²) in [5, 5.41) is 7.24. The predicted molar refractivity (Wildman–Crippen MR) is 95.2 cm³/mol. The van der Waals surface area contributed by atoms with Gasteiger partial charge in [-0.15, -0.1) is 0 Å². The summed E-state index contributed by atoms with van der Waals surface area (Å²) in [5.41, 5.74) is 1.14. The third kappa shape index (κ3) is 3.97. The number of carbonyl (C=O) groups is 2. The topological polar surface area (TPSA) is 67.4 Å². The van der Waals surface area contributed by atoms with Crippen molar-refractivity contribution in [2.24, 2.45) is 0 Å². The molecule has 0 radical (unpaired) electrons. The summed E-state index contributed by atoms with van der Waals surface area (Å²) in [6.45, 7) is 1.68. The van der Waals surface area contributed by atoms with Crippen LogP contribution in [0.3, 0.4) is 0 Å². The normalized spacial score (nSPS) is 16.2. The van der Waals surface area contributed by atoms with Crippen molar-refractivity contribution >= 4 is 35.0 Å². The molecule has 2 aromatic rings. The van der Waals surface area contributed by atoms with Crippen LogP contribution in [0.15, 0.2) is 64.9 Å². The van der Waals surface area contributed by atoms with Crippen LogP contribution in [0.2, 0.25) is 0 Å². The Bertz CT molecular complexity index is 790. The molecular weight excluding hydrogens is 324 g/mol. The van der Waals surface area contributed by atoms with Gasteiger partial charge in [-0.3, -0.25) is 9.59 Å². The molecule has 5 nitrogen and oxygen atoms in total. The Morgan fingerprint density at radius 1 is 1.25 bits per heavy atom. The Balaban J connectivity index is 1.61. The molecule has 6 heteroatoms. The molecule has 24 heavy (non-hydrogen) atoms. The van der Waals surface area contributed by atoms with Gasteiger partial charge in [-0.2, -0.15) is 0 Å². The zero-order valence-electron chi connectivity index (χ0n) is 13.0. The second-order valence-corrected chi connectivity index (χ2v) is 6.16. The van der Waals surface area contributed by atoms with E-state index in [2.05, 4.69) is 10.6 Å². The van der Waals surface area contributed by atoms with E-state index in [4.69, 9.17) is 4.74 Å². The first-order valence-corrected chi connectivity index (χ1v) is 8.30. The molecular formula is C18H16N2O3S. The summed E-state index contributed by atoms with van der Waals surface area (Å²) in [6, 6.07) is 14.9. The summed E-state index contributed by atoms with van der Waals surface area (Å²) in [4.78, 5) is 24.6. The van der Waals surface area contributed by atoms with Crippen molar-refractivity contribution in [1.82, 2.24) is 0 Å². The number of benzene rings is 2. The Kier molecular flexibility index (Phi) is 4.86. The van der Waals surface area contributed by atoms with E-state index in [1.54, 1.807) is 30.5 Å². The molecule has 0 aromatic heterocycles. The summed E-state index contributed by atoms with van der Waals surface area (Å²) >= 11 is 1.46. The highest BCUT2D eigenvalue weighted by atomic mass is 32.2. The third-order valence-electron chi connectivity index (χ3n) is 3.34. The van der Waals surface area contributed by atoms with Gasteiger partial charge in [0.05, 0.1) is 5.69 Å². The van der Waals surface area contributed by atoms with E-state index in [0.717, 1.165) is 4.90 Å². The molecule has 0 bridgehead atoms. The minimum absolute atomic E-state index is 0.204. The van der Waals surface area contributed by atoms with Gasteiger partial charge < -0.3 is 15.4 Å². The maximum atomic E-state index is 12.0. The number of thioether (sulfide) groups is 1. The van der Waals surface area contributed by atoms with Gasteiger partial charge in [-0.1, -0.05) is 30.0 Å². The molecule has 0 saturated carbocycles. The van der Waals surface area contributed by atoms with Crippen LogP contribution < -0.4 is 15.4 Å². The van der Waals surface area contributed by atoms with E-state index in [1.807, 2.05) is 30.3 Å². The molecule has 0 fully saturated rings. The number of amides is 2. The number of fused-ring (bicyclic) bond motifs is 1. The summed E-state index contributed by atoms with van der Waals surface area (Å²) in [6.07, 6.45) is 0.949. The number of rotatable bonds is 4. The molecule has 1 heterocycles. The van der Waals surface area contributed by atoms with Gasteiger partial charge in [-0.25, -0.2) is 0 Å². The summed E-state index contributed by atoms with van der Waals surface area (Å²) in [7, 11) is 0. The number of hydrogen-bond donors (Lipinski definition) is 2. The lowest BCUT2D eigenvalue weighted by molar-refractivity contribution is -0.122. The number of ether oxygens (including phenoxy) is 1. The first-order valence-electron chi connectivity index (χ1n) is 7.42. The smallest absolute Gasteiger partial charge is 0.265 e.